The lowest BCUT2D eigenvalue weighted by atomic mass is 10.0. The van der Waals surface area contributed by atoms with Gasteiger partial charge in [0.2, 0.25) is 0 Å². The third-order valence-electron chi connectivity index (χ3n) is 4.78. The number of benzene rings is 1. The van der Waals surface area contributed by atoms with Crippen molar-refractivity contribution < 1.29 is 4.79 Å². The second kappa shape index (κ2) is 5.25. The van der Waals surface area contributed by atoms with E-state index in [1.807, 2.05) is 52.9 Å². The van der Waals surface area contributed by atoms with Crippen molar-refractivity contribution in [3.05, 3.63) is 47.8 Å². The molecule has 1 N–H and O–H groups in total. The van der Waals surface area contributed by atoms with Gasteiger partial charge in [-0.05, 0) is 37.0 Å². The highest BCUT2D eigenvalue weighted by molar-refractivity contribution is 5.92. The number of para-hydroxylation sites is 1. The monoisotopic (exact) mass is 296 g/mol. The molecule has 1 amide bonds. The molecule has 2 saturated heterocycles. The lowest BCUT2D eigenvalue weighted by Gasteiger charge is -2.15. The second-order valence-corrected chi connectivity index (χ2v) is 6.31. The number of carbonyl (C=O) groups excluding carboxylic acids is 1. The fourth-order valence-electron chi connectivity index (χ4n) is 3.59. The molecular weight excluding hydrogens is 276 g/mol. The lowest BCUT2D eigenvalue weighted by Crippen LogP contribution is -2.32. The Bertz CT molecular complexity index is 682. The zero-order chi connectivity index (χ0) is 15.1. The predicted octanol–water partition coefficient (Wildman–Crippen LogP) is 1.47. The maximum absolute atomic E-state index is 12.7. The number of hydrogen-bond donors (Lipinski definition) is 1. The molecule has 2 aromatic rings. The maximum Gasteiger partial charge on any atom is 0.274 e. The third-order valence-corrected chi connectivity index (χ3v) is 4.78. The van der Waals surface area contributed by atoms with Gasteiger partial charge in [0.25, 0.3) is 5.91 Å². The molecule has 22 heavy (non-hydrogen) atoms. The summed E-state index contributed by atoms with van der Waals surface area (Å²) in [7, 11) is 0. The smallest absolute Gasteiger partial charge is 0.274 e. The standard InChI is InChI=1S/C17H20N4O/c1-12-7-16(19-21(12)15-5-3-2-4-6-15)17(22)20-10-13-8-18-9-14(13)11-20/h2-7,13-14,18H,8-11H2,1H3/t13-,14+. The van der Waals surface area contributed by atoms with Crippen molar-refractivity contribution in [1.82, 2.24) is 20.0 Å². The molecule has 3 heterocycles. The number of amides is 1. The third kappa shape index (κ3) is 2.22. The Kier molecular flexibility index (Phi) is 3.22. The van der Waals surface area contributed by atoms with Gasteiger partial charge in [0, 0.05) is 31.9 Å². The van der Waals surface area contributed by atoms with Crippen LogP contribution in [0.4, 0.5) is 0 Å². The van der Waals surface area contributed by atoms with Crippen LogP contribution in [0, 0.1) is 18.8 Å². The zero-order valence-corrected chi connectivity index (χ0v) is 12.7. The summed E-state index contributed by atoms with van der Waals surface area (Å²) in [5.41, 5.74) is 2.52. The summed E-state index contributed by atoms with van der Waals surface area (Å²) in [5, 5.41) is 7.93. The van der Waals surface area contributed by atoms with Gasteiger partial charge in [-0.15, -0.1) is 0 Å². The van der Waals surface area contributed by atoms with Crippen molar-refractivity contribution in [1.29, 1.82) is 0 Å². The molecule has 5 nitrogen and oxygen atoms in total. The average Bonchev–Trinajstić information content (AvgIpc) is 3.21. The largest absolute Gasteiger partial charge is 0.337 e. The summed E-state index contributed by atoms with van der Waals surface area (Å²) in [6.07, 6.45) is 0. The van der Waals surface area contributed by atoms with E-state index in [2.05, 4.69) is 10.4 Å². The summed E-state index contributed by atoms with van der Waals surface area (Å²) < 4.78 is 1.84. The average molecular weight is 296 g/mol. The molecule has 4 rings (SSSR count). The number of likely N-dealkylation sites (tertiary alicyclic amines) is 1. The summed E-state index contributed by atoms with van der Waals surface area (Å²) in [6.45, 7) is 5.76. The van der Waals surface area contributed by atoms with E-state index in [0.717, 1.165) is 37.6 Å². The van der Waals surface area contributed by atoms with Crippen LogP contribution >= 0.6 is 0 Å². The predicted molar refractivity (Wildman–Crippen MR) is 84.1 cm³/mol. The highest BCUT2D eigenvalue weighted by Gasteiger charge is 2.38. The molecule has 0 spiro atoms. The van der Waals surface area contributed by atoms with Crippen molar-refractivity contribution in [2.75, 3.05) is 26.2 Å². The number of nitrogens with one attached hydrogen (secondary N) is 1. The van der Waals surface area contributed by atoms with Crippen LogP contribution < -0.4 is 5.32 Å². The van der Waals surface area contributed by atoms with Crippen molar-refractivity contribution in [2.24, 2.45) is 11.8 Å². The van der Waals surface area contributed by atoms with E-state index in [0.29, 0.717) is 17.5 Å². The van der Waals surface area contributed by atoms with E-state index in [1.165, 1.54) is 0 Å². The van der Waals surface area contributed by atoms with E-state index in [9.17, 15) is 4.79 Å². The molecule has 1 aromatic carbocycles. The van der Waals surface area contributed by atoms with Gasteiger partial charge in [-0.3, -0.25) is 4.79 Å². The van der Waals surface area contributed by atoms with Crippen molar-refractivity contribution >= 4 is 5.91 Å². The van der Waals surface area contributed by atoms with Gasteiger partial charge in [0.05, 0.1) is 5.69 Å². The number of nitrogens with zero attached hydrogens (tertiary/aromatic N) is 3. The molecule has 2 fully saturated rings. The van der Waals surface area contributed by atoms with Gasteiger partial charge in [-0.2, -0.15) is 5.10 Å². The molecule has 1 aromatic heterocycles. The van der Waals surface area contributed by atoms with Gasteiger partial charge >= 0.3 is 0 Å². The fourth-order valence-corrected chi connectivity index (χ4v) is 3.59. The van der Waals surface area contributed by atoms with Crippen LogP contribution in [0.5, 0.6) is 0 Å². The topological polar surface area (TPSA) is 50.2 Å². The first-order valence-corrected chi connectivity index (χ1v) is 7.84. The maximum atomic E-state index is 12.7. The summed E-state index contributed by atoms with van der Waals surface area (Å²) in [6, 6.07) is 11.8. The van der Waals surface area contributed by atoms with Gasteiger partial charge in [0.15, 0.2) is 5.69 Å². The minimum atomic E-state index is 0.0622. The van der Waals surface area contributed by atoms with Crippen LogP contribution in [-0.2, 0) is 0 Å². The highest BCUT2D eigenvalue weighted by Crippen LogP contribution is 2.27. The summed E-state index contributed by atoms with van der Waals surface area (Å²) >= 11 is 0. The molecule has 0 aliphatic carbocycles. The molecule has 2 aliphatic rings. The summed E-state index contributed by atoms with van der Waals surface area (Å²) in [4.78, 5) is 14.7. The molecule has 2 aliphatic heterocycles. The van der Waals surface area contributed by atoms with E-state index < -0.39 is 0 Å². The van der Waals surface area contributed by atoms with Crippen LogP contribution in [0.15, 0.2) is 36.4 Å². The molecule has 0 unspecified atom stereocenters. The molecule has 0 radical (unpaired) electrons. The Labute approximate surface area is 129 Å². The summed E-state index contributed by atoms with van der Waals surface area (Å²) in [5.74, 6) is 1.29. The Morgan fingerprint density at radius 1 is 1.18 bits per heavy atom. The number of rotatable bonds is 2. The van der Waals surface area contributed by atoms with Gasteiger partial charge in [-0.1, -0.05) is 18.2 Å². The Balaban J connectivity index is 1.57. The van der Waals surface area contributed by atoms with Crippen molar-refractivity contribution in [3.8, 4) is 5.69 Å². The molecule has 0 bridgehead atoms. The van der Waals surface area contributed by atoms with E-state index in [1.54, 1.807) is 0 Å². The van der Waals surface area contributed by atoms with Crippen LogP contribution in [0.2, 0.25) is 0 Å². The number of fused-ring (bicyclic) bond motifs is 1. The molecule has 5 heteroatoms. The van der Waals surface area contributed by atoms with Gasteiger partial charge < -0.3 is 10.2 Å². The van der Waals surface area contributed by atoms with Crippen LogP contribution in [0.25, 0.3) is 5.69 Å². The molecule has 0 saturated carbocycles. The van der Waals surface area contributed by atoms with Crippen LogP contribution in [-0.4, -0.2) is 46.8 Å². The lowest BCUT2D eigenvalue weighted by molar-refractivity contribution is 0.0775. The zero-order valence-electron chi connectivity index (χ0n) is 12.7. The van der Waals surface area contributed by atoms with Crippen molar-refractivity contribution in [3.63, 3.8) is 0 Å². The number of aromatic nitrogens is 2. The van der Waals surface area contributed by atoms with E-state index in [-0.39, 0.29) is 5.91 Å². The molecule has 114 valence electrons. The van der Waals surface area contributed by atoms with E-state index in [4.69, 9.17) is 0 Å². The normalized spacial score (nSPS) is 23.8. The van der Waals surface area contributed by atoms with Gasteiger partial charge in [-0.25, -0.2) is 4.68 Å². The molecule has 2 atom stereocenters. The number of aryl methyl sites for hydroxylation is 1. The highest BCUT2D eigenvalue weighted by atomic mass is 16.2. The first-order chi connectivity index (χ1) is 10.7. The Hall–Kier alpha value is -2.14. The van der Waals surface area contributed by atoms with Crippen LogP contribution in [0.1, 0.15) is 16.2 Å². The first-order valence-electron chi connectivity index (χ1n) is 7.84. The SMILES string of the molecule is Cc1cc(C(=O)N2C[C@H]3CNC[C@H]3C2)nn1-c1ccccc1. The van der Waals surface area contributed by atoms with E-state index >= 15 is 0 Å². The Morgan fingerprint density at radius 2 is 1.86 bits per heavy atom. The Morgan fingerprint density at radius 3 is 2.55 bits per heavy atom. The minimum absolute atomic E-state index is 0.0622. The minimum Gasteiger partial charge on any atom is -0.337 e. The van der Waals surface area contributed by atoms with Crippen molar-refractivity contribution in [2.45, 2.75) is 6.92 Å². The fraction of sp³-hybridized carbons (Fsp3) is 0.412. The first kappa shape index (κ1) is 13.5. The number of hydrogen-bond acceptors (Lipinski definition) is 3. The van der Waals surface area contributed by atoms with Gasteiger partial charge in [0.1, 0.15) is 0 Å². The second-order valence-electron chi connectivity index (χ2n) is 6.31. The quantitative estimate of drug-likeness (QED) is 0.913. The number of carbonyl (C=O) groups is 1. The van der Waals surface area contributed by atoms with Crippen LogP contribution in [0.3, 0.4) is 0 Å². The molecular formula is C17H20N4O.